The molecule has 0 radical (unpaired) electrons. The van der Waals surface area contributed by atoms with Crippen molar-refractivity contribution < 1.29 is 0 Å². The molecule has 4 nitrogen and oxygen atoms in total. The standard InChI is InChI=1S/C64H35BN4/c1-5-17-40-36(13-1)27-29-54-56(40)58-42-19-7-3-15-38(42)33-50-63(58)68(54)61-48(44-21-9-25-52-46(44)23-11-31-66-52)35-49(45-22-10-26-53-47(45)24-12-32-67-53)62-60(61)65(50)51-34-39-16-4-8-20-43(39)59-57-41-18-6-2-14-37(41)28-30-55(57)69(62)64(51)59/h1-35H. The molecule has 2 aliphatic rings. The minimum atomic E-state index is -0.125. The van der Waals surface area contributed by atoms with E-state index in [0.29, 0.717) is 0 Å². The smallest absolute Gasteiger partial charge is 0.252 e. The fourth-order valence-corrected chi connectivity index (χ4v) is 13.3. The van der Waals surface area contributed by atoms with Crippen molar-refractivity contribution >= 4 is 132 Å². The number of pyridine rings is 2. The van der Waals surface area contributed by atoms with Gasteiger partial charge < -0.3 is 9.13 Å². The average molecular weight is 871 g/mol. The van der Waals surface area contributed by atoms with Gasteiger partial charge in [-0.2, -0.15) is 0 Å². The van der Waals surface area contributed by atoms with E-state index >= 15 is 0 Å². The van der Waals surface area contributed by atoms with Crippen LogP contribution in [0.1, 0.15) is 0 Å². The molecule has 0 saturated carbocycles. The fraction of sp³-hybridized carbons (Fsp3) is 0. The summed E-state index contributed by atoms with van der Waals surface area (Å²) in [5.41, 5.74) is 18.0. The van der Waals surface area contributed by atoms with E-state index in [1.807, 2.05) is 12.4 Å². The van der Waals surface area contributed by atoms with Crippen LogP contribution in [0.3, 0.4) is 0 Å². The van der Waals surface area contributed by atoms with Crippen LogP contribution in [0.2, 0.25) is 0 Å². The van der Waals surface area contributed by atoms with Crippen molar-refractivity contribution in [1.82, 2.24) is 19.1 Å². The Bertz CT molecular complexity index is 4550. The Labute approximate surface area is 395 Å². The van der Waals surface area contributed by atoms with Crippen LogP contribution >= 0.6 is 0 Å². The van der Waals surface area contributed by atoms with Crippen LogP contribution in [0.15, 0.2) is 213 Å². The maximum atomic E-state index is 4.96. The van der Waals surface area contributed by atoms with Crippen LogP contribution in [-0.2, 0) is 0 Å². The van der Waals surface area contributed by atoms with Gasteiger partial charge in [0, 0.05) is 55.8 Å². The summed E-state index contributed by atoms with van der Waals surface area (Å²) in [5.74, 6) is 0. The first kappa shape index (κ1) is 36.1. The van der Waals surface area contributed by atoms with E-state index in [0.717, 1.165) is 32.9 Å². The Morgan fingerprint density at radius 1 is 0.319 bits per heavy atom. The maximum absolute atomic E-state index is 4.96. The van der Waals surface area contributed by atoms with Crippen LogP contribution in [0.5, 0.6) is 0 Å². The lowest BCUT2D eigenvalue weighted by Gasteiger charge is -2.37. The summed E-state index contributed by atoms with van der Waals surface area (Å²) < 4.78 is 5.36. The fourth-order valence-electron chi connectivity index (χ4n) is 13.3. The highest BCUT2D eigenvalue weighted by atomic mass is 15.0. The molecule has 69 heavy (non-hydrogen) atoms. The highest BCUT2D eigenvalue weighted by molar-refractivity contribution is 7.01. The third-order valence-corrected chi connectivity index (χ3v) is 15.9. The van der Waals surface area contributed by atoms with Gasteiger partial charge in [-0.1, -0.05) is 158 Å². The van der Waals surface area contributed by atoms with Gasteiger partial charge in [-0.05, 0) is 113 Å². The summed E-state index contributed by atoms with van der Waals surface area (Å²) >= 11 is 0. The first-order valence-electron chi connectivity index (χ1n) is 23.9. The minimum absolute atomic E-state index is 0.125. The Kier molecular flexibility index (Phi) is 6.74. The SMILES string of the molecule is c1ccc2c(c1)ccc1c2c2c3ccccc3cc3c2n1-c1c(-c2cccc4ncccc24)cc(-c2cccc4ncccc24)c2c1B3c1cc3ccccc3c3c4c5ccccc5ccc4n-2c13. The molecule has 0 unspecified atom stereocenters. The second-order valence-electron chi connectivity index (χ2n) is 19.1. The number of aromatic nitrogens is 4. The molecule has 314 valence electrons. The summed E-state index contributed by atoms with van der Waals surface area (Å²) in [4.78, 5) is 9.92. The first-order valence-corrected chi connectivity index (χ1v) is 23.9. The van der Waals surface area contributed by atoms with E-state index in [4.69, 9.17) is 9.97 Å². The third-order valence-electron chi connectivity index (χ3n) is 15.9. The first-order chi connectivity index (χ1) is 34.3. The van der Waals surface area contributed by atoms with Gasteiger partial charge in [0.1, 0.15) is 0 Å². The van der Waals surface area contributed by atoms with E-state index in [1.54, 1.807) is 0 Å². The van der Waals surface area contributed by atoms with E-state index in [-0.39, 0.29) is 6.71 Å². The molecule has 0 aliphatic carbocycles. The summed E-state index contributed by atoms with van der Waals surface area (Å²) in [7, 11) is 0. The zero-order valence-corrected chi connectivity index (χ0v) is 37.1. The highest BCUT2D eigenvalue weighted by Crippen LogP contribution is 2.50. The molecule has 0 atom stereocenters. The molecule has 15 aromatic rings. The Hall–Kier alpha value is -9.06. The largest absolute Gasteiger partial charge is 0.310 e. The van der Waals surface area contributed by atoms with Crippen molar-refractivity contribution in [2.75, 3.05) is 0 Å². The summed E-state index contributed by atoms with van der Waals surface area (Å²) in [5, 5.41) is 17.5. The number of benzene rings is 11. The molecule has 0 amide bonds. The molecule has 0 spiro atoms. The molecule has 11 aromatic carbocycles. The molecular weight excluding hydrogens is 836 g/mol. The van der Waals surface area contributed by atoms with E-state index in [9.17, 15) is 0 Å². The summed E-state index contributed by atoms with van der Waals surface area (Å²) in [6.45, 7) is -0.125. The van der Waals surface area contributed by atoms with Gasteiger partial charge >= 0.3 is 0 Å². The van der Waals surface area contributed by atoms with Gasteiger partial charge in [-0.15, -0.1) is 0 Å². The molecule has 0 bridgehead atoms. The van der Waals surface area contributed by atoms with Crippen LogP contribution in [-0.4, -0.2) is 25.8 Å². The van der Waals surface area contributed by atoms with Gasteiger partial charge in [-0.3, -0.25) is 9.97 Å². The molecule has 4 aromatic heterocycles. The molecule has 6 heterocycles. The van der Waals surface area contributed by atoms with Gasteiger partial charge in [0.15, 0.2) is 0 Å². The van der Waals surface area contributed by atoms with Gasteiger partial charge in [0.2, 0.25) is 0 Å². The number of hydrogen-bond donors (Lipinski definition) is 0. The zero-order chi connectivity index (χ0) is 44.6. The average Bonchev–Trinajstić information content (AvgIpc) is 3.96. The molecule has 0 saturated heterocycles. The van der Waals surface area contributed by atoms with Gasteiger partial charge in [-0.25, -0.2) is 0 Å². The maximum Gasteiger partial charge on any atom is 0.252 e. The van der Waals surface area contributed by atoms with Crippen molar-refractivity contribution in [2.45, 2.75) is 0 Å². The third kappa shape index (κ3) is 4.46. The van der Waals surface area contributed by atoms with Gasteiger partial charge in [0.25, 0.3) is 6.71 Å². The summed E-state index contributed by atoms with van der Waals surface area (Å²) in [6, 6.07) is 75.1. The highest BCUT2D eigenvalue weighted by Gasteiger charge is 2.44. The molecular formula is C64H35BN4. The number of fused-ring (bicyclic) bond motifs is 20. The van der Waals surface area contributed by atoms with E-state index in [2.05, 4.69) is 209 Å². The number of nitrogens with zero attached hydrogens (tertiary/aromatic N) is 4. The normalized spacial score (nSPS) is 12.9. The van der Waals surface area contributed by atoms with Crippen LogP contribution in [0.25, 0.3) is 142 Å². The lowest BCUT2D eigenvalue weighted by molar-refractivity contribution is 1.15. The van der Waals surface area contributed by atoms with Crippen LogP contribution in [0.4, 0.5) is 0 Å². The quantitative estimate of drug-likeness (QED) is 0.162. The van der Waals surface area contributed by atoms with Crippen molar-refractivity contribution in [3.63, 3.8) is 0 Å². The van der Waals surface area contributed by atoms with Crippen LogP contribution < -0.4 is 16.4 Å². The lowest BCUT2D eigenvalue weighted by Crippen LogP contribution is -2.59. The minimum Gasteiger partial charge on any atom is -0.310 e. The van der Waals surface area contributed by atoms with E-state index < -0.39 is 0 Å². The van der Waals surface area contributed by atoms with Crippen LogP contribution in [0, 0.1) is 0 Å². The summed E-state index contributed by atoms with van der Waals surface area (Å²) in [6.07, 6.45) is 3.83. The second-order valence-corrected chi connectivity index (χ2v) is 19.1. The zero-order valence-electron chi connectivity index (χ0n) is 37.1. The molecule has 5 heteroatoms. The molecule has 0 fully saturated rings. The Morgan fingerprint density at radius 3 is 1.22 bits per heavy atom. The lowest BCUT2D eigenvalue weighted by atomic mass is 9.33. The van der Waals surface area contributed by atoms with E-state index in [1.165, 1.54) is 126 Å². The Balaban J connectivity index is 1.21. The monoisotopic (exact) mass is 870 g/mol. The van der Waals surface area contributed by atoms with Crippen molar-refractivity contribution in [2.24, 2.45) is 0 Å². The number of rotatable bonds is 2. The predicted molar refractivity (Wildman–Crippen MR) is 291 cm³/mol. The van der Waals surface area contributed by atoms with Crippen molar-refractivity contribution in [1.29, 1.82) is 0 Å². The Morgan fingerprint density at radius 2 is 0.739 bits per heavy atom. The van der Waals surface area contributed by atoms with Crippen molar-refractivity contribution in [3.8, 4) is 33.6 Å². The number of hydrogen-bond acceptors (Lipinski definition) is 2. The molecule has 2 aliphatic heterocycles. The molecule has 17 rings (SSSR count). The molecule has 0 N–H and O–H groups in total. The predicted octanol–water partition coefficient (Wildman–Crippen LogP) is 14.1. The second kappa shape index (κ2) is 12.9. The topological polar surface area (TPSA) is 35.6 Å². The van der Waals surface area contributed by atoms with Gasteiger partial charge in [0.05, 0.1) is 44.5 Å². The van der Waals surface area contributed by atoms with Crippen molar-refractivity contribution in [3.05, 3.63) is 213 Å².